The van der Waals surface area contributed by atoms with E-state index in [1.807, 2.05) is 57.3 Å². The molecule has 0 N–H and O–H groups in total. The third kappa shape index (κ3) is 4.45. The smallest absolute Gasteiger partial charge is 0.243 e. The Labute approximate surface area is 168 Å². The number of carbonyl (C=O) groups is 1. The number of benzene rings is 2. The Bertz CT molecular complexity index is 934. The van der Waals surface area contributed by atoms with Crippen molar-refractivity contribution in [2.24, 2.45) is 5.92 Å². The third-order valence-corrected chi connectivity index (χ3v) is 7.45. The van der Waals surface area contributed by atoms with Gasteiger partial charge >= 0.3 is 0 Å². The van der Waals surface area contributed by atoms with Gasteiger partial charge in [-0.2, -0.15) is 4.31 Å². The van der Waals surface area contributed by atoms with E-state index < -0.39 is 10.0 Å². The van der Waals surface area contributed by atoms with E-state index in [1.54, 1.807) is 17.0 Å². The summed E-state index contributed by atoms with van der Waals surface area (Å²) in [6, 6.07) is 15.1. The van der Waals surface area contributed by atoms with Crippen LogP contribution < -0.4 is 0 Å². The lowest BCUT2D eigenvalue weighted by atomic mass is 9.96. The van der Waals surface area contributed by atoms with Gasteiger partial charge in [0.25, 0.3) is 0 Å². The van der Waals surface area contributed by atoms with Gasteiger partial charge in [0.05, 0.1) is 4.90 Å². The molecule has 1 saturated heterocycles. The summed E-state index contributed by atoms with van der Waals surface area (Å²) >= 11 is 0. The molecular formula is C22H28N2O3S. The van der Waals surface area contributed by atoms with Gasteiger partial charge in [0.1, 0.15) is 0 Å². The van der Waals surface area contributed by atoms with Gasteiger partial charge in [-0.3, -0.25) is 4.79 Å². The molecular weight excluding hydrogens is 372 g/mol. The number of nitrogens with zero attached hydrogens (tertiary/aromatic N) is 2. The van der Waals surface area contributed by atoms with E-state index in [2.05, 4.69) is 0 Å². The van der Waals surface area contributed by atoms with Crippen LogP contribution >= 0.6 is 0 Å². The zero-order valence-corrected chi connectivity index (χ0v) is 17.6. The van der Waals surface area contributed by atoms with E-state index in [0.717, 1.165) is 16.7 Å². The molecule has 0 saturated carbocycles. The van der Waals surface area contributed by atoms with Crippen molar-refractivity contribution in [3.05, 3.63) is 65.2 Å². The zero-order chi connectivity index (χ0) is 20.3. The molecule has 2 aromatic rings. The van der Waals surface area contributed by atoms with E-state index >= 15 is 0 Å². The number of sulfonamides is 1. The fraction of sp³-hybridized carbons (Fsp3) is 0.409. The molecule has 6 heteroatoms. The number of hydrogen-bond acceptors (Lipinski definition) is 3. The summed E-state index contributed by atoms with van der Waals surface area (Å²) in [4.78, 5) is 14.8. The van der Waals surface area contributed by atoms with Gasteiger partial charge < -0.3 is 4.90 Å². The molecule has 1 aliphatic rings. The maximum Gasteiger partial charge on any atom is 0.243 e. The average molecular weight is 401 g/mol. The van der Waals surface area contributed by atoms with Gasteiger partial charge in [-0.25, -0.2) is 8.42 Å². The molecule has 0 spiro atoms. The molecule has 1 amide bonds. The highest BCUT2D eigenvalue weighted by Gasteiger charge is 2.33. The summed E-state index contributed by atoms with van der Waals surface area (Å²) in [5.41, 5.74) is 3.13. The molecule has 3 rings (SSSR count). The summed E-state index contributed by atoms with van der Waals surface area (Å²) < 4.78 is 27.4. The normalized spacial score (nSPS) is 16.1. The minimum Gasteiger partial charge on any atom is -0.341 e. The molecule has 1 fully saturated rings. The second kappa shape index (κ2) is 8.45. The van der Waals surface area contributed by atoms with Crippen LogP contribution in [0.15, 0.2) is 53.4 Å². The quantitative estimate of drug-likeness (QED) is 0.773. The zero-order valence-electron chi connectivity index (χ0n) is 16.8. The highest BCUT2D eigenvalue weighted by Crippen LogP contribution is 2.26. The molecule has 28 heavy (non-hydrogen) atoms. The molecule has 0 radical (unpaired) electrons. The Morgan fingerprint density at radius 3 is 2.29 bits per heavy atom. The Kier molecular flexibility index (Phi) is 6.20. The Hall–Kier alpha value is -2.18. The predicted molar refractivity (Wildman–Crippen MR) is 110 cm³/mol. The summed E-state index contributed by atoms with van der Waals surface area (Å²) in [6.45, 7) is 5.22. The molecule has 150 valence electrons. The van der Waals surface area contributed by atoms with Crippen LogP contribution in [-0.2, 0) is 21.4 Å². The summed E-state index contributed by atoms with van der Waals surface area (Å²) in [6.07, 6.45) is 1.12. The van der Waals surface area contributed by atoms with E-state index in [9.17, 15) is 13.2 Å². The second-order valence-corrected chi connectivity index (χ2v) is 9.54. The fourth-order valence-corrected chi connectivity index (χ4v) is 5.17. The monoisotopic (exact) mass is 400 g/mol. The first-order valence-corrected chi connectivity index (χ1v) is 11.1. The number of carbonyl (C=O) groups excluding carboxylic acids is 1. The summed E-state index contributed by atoms with van der Waals surface area (Å²) in [7, 11) is -1.70. The first-order valence-electron chi connectivity index (χ1n) is 9.65. The van der Waals surface area contributed by atoms with E-state index in [0.29, 0.717) is 37.4 Å². The van der Waals surface area contributed by atoms with Gasteiger partial charge in [-0.05, 0) is 55.5 Å². The topological polar surface area (TPSA) is 57.7 Å². The number of amides is 1. The molecule has 1 heterocycles. The Morgan fingerprint density at radius 1 is 1.04 bits per heavy atom. The van der Waals surface area contributed by atoms with Gasteiger partial charge in [0.2, 0.25) is 15.9 Å². The van der Waals surface area contributed by atoms with Crippen molar-refractivity contribution in [1.29, 1.82) is 0 Å². The highest BCUT2D eigenvalue weighted by molar-refractivity contribution is 7.89. The molecule has 0 aromatic heterocycles. The summed E-state index contributed by atoms with van der Waals surface area (Å²) in [5, 5.41) is 0. The van der Waals surface area contributed by atoms with Crippen molar-refractivity contribution in [1.82, 2.24) is 9.21 Å². The van der Waals surface area contributed by atoms with Crippen LogP contribution in [0.5, 0.6) is 0 Å². The number of aryl methyl sites for hydroxylation is 2. The molecule has 0 bridgehead atoms. The lowest BCUT2D eigenvalue weighted by Crippen LogP contribution is -2.43. The van der Waals surface area contributed by atoms with Crippen LogP contribution in [0, 0.1) is 19.8 Å². The molecule has 0 aliphatic carbocycles. The first kappa shape index (κ1) is 20.6. The van der Waals surface area contributed by atoms with Gasteiger partial charge in [0, 0.05) is 32.6 Å². The molecule has 0 unspecified atom stereocenters. The lowest BCUT2D eigenvalue weighted by Gasteiger charge is -2.32. The van der Waals surface area contributed by atoms with E-state index in [4.69, 9.17) is 0 Å². The van der Waals surface area contributed by atoms with Crippen molar-refractivity contribution in [3.8, 4) is 0 Å². The van der Waals surface area contributed by atoms with E-state index in [-0.39, 0.29) is 11.8 Å². The maximum atomic E-state index is 12.9. The minimum atomic E-state index is -3.51. The van der Waals surface area contributed by atoms with Crippen LogP contribution in [0.2, 0.25) is 0 Å². The van der Waals surface area contributed by atoms with Crippen molar-refractivity contribution in [2.45, 2.75) is 38.1 Å². The van der Waals surface area contributed by atoms with Crippen molar-refractivity contribution < 1.29 is 13.2 Å². The third-order valence-electron chi connectivity index (χ3n) is 5.56. The van der Waals surface area contributed by atoms with Gasteiger partial charge in [0.15, 0.2) is 0 Å². The van der Waals surface area contributed by atoms with Crippen molar-refractivity contribution >= 4 is 15.9 Å². The van der Waals surface area contributed by atoms with Crippen LogP contribution in [0.25, 0.3) is 0 Å². The van der Waals surface area contributed by atoms with Crippen LogP contribution in [0.1, 0.15) is 29.5 Å². The maximum absolute atomic E-state index is 12.9. The van der Waals surface area contributed by atoms with Gasteiger partial charge in [-0.15, -0.1) is 0 Å². The van der Waals surface area contributed by atoms with Gasteiger partial charge in [-0.1, -0.05) is 36.4 Å². The van der Waals surface area contributed by atoms with Crippen molar-refractivity contribution in [2.75, 3.05) is 20.1 Å². The Morgan fingerprint density at radius 2 is 1.68 bits per heavy atom. The minimum absolute atomic E-state index is 0.0899. The number of piperidine rings is 1. The van der Waals surface area contributed by atoms with Crippen LogP contribution in [0.3, 0.4) is 0 Å². The van der Waals surface area contributed by atoms with Crippen LogP contribution in [-0.4, -0.2) is 43.7 Å². The fourth-order valence-electron chi connectivity index (χ4n) is 3.61. The molecule has 5 nitrogen and oxygen atoms in total. The standard InChI is InChI=1S/C22H28N2O3S/c1-17-9-10-21(15-18(17)2)28(26,27)24-13-11-20(12-14-24)22(25)23(3)16-19-7-5-4-6-8-19/h4-10,15,20H,11-14,16H2,1-3H3. The number of hydrogen-bond donors (Lipinski definition) is 0. The largest absolute Gasteiger partial charge is 0.341 e. The highest BCUT2D eigenvalue weighted by atomic mass is 32.2. The first-order chi connectivity index (χ1) is 13.3. The average Bonchev–Trinajstić information content (AvgIpc) is 2.70. The van der Waals surface area contributed by atoms with Crippen LogP contribution in [0.4, 0.5) is 0 Å². The summed E-state index contributed by atoms with van der Waals surface area (Å²) in [5.74, 6) is -0.0352. The second-order valence-electron chi connectivity index (χ2n) is 7.60. The number of rotatable bonds is 5. The SMILES string of the molecule is Cc1ccc(S(=O)(=O)N2CCC(C(=O)N(C)Cc3ccccc3)CC2)cc1C. The van der Waals surface area contributed by atoms with E-state index in [1.165, 1.54) is 4.31 Å². The predicted octanol–water partition coefficient (Wildman–Crippen LogP) is 3.36. The lowest BCUT2D eigenvalue weighted by molar-refractivity contribution is -0.135. The molecule has 0 atom stereocenters. The molecule has 2 aromatic carbocycles. The molecule has 1 aliphatic heterocycles. The van der Waals surface area contributed by atoms with Crippen molar-refractivity contribution in [3.63, 3.8) is 0 Å². The Balaban J connectivity index is 1.61.